The summed E-state index contributed by atoms with van der Waals surface area (Å²) in [4.78, 5) is 31.3. The first-order valence-corrected chi connectivity index (χ1v) is 12.9. The summed E-state index contributed by atoms with van der Waals surface area (Å²) in [5.41, 5.74) is 3.54. The van der Waals surface area contributed by atoms with E-state index in [1.54, 1.807) is 18.3 Å². The van der Waals surface area contributed by atoms with Gasteiger partial charge in [0.1, 0.15) is 0 Å². The quantitative estimate of drug-likeness (QED) is 0.427. The molecule has 0 radical (unpaired) electrons. The minimum absolute atomic E-state index is 0.156. The SMILES string of the molecule is CN(C)CCC1(c2ccc(C(=O)NC3COCCC3NC(=O)c3ccc4c(Cl)c[nH]c4c3)cc2)CC1. The minimum Gasteiger partial charge on any atom is -0.379 e. The Kier molecular flexibility index (Phi) is 7.06. The zero-order valence-electron chi connectivity index (χ0n) is 20.8. The third-order valence-electron chi connectivity index (χ3n) is 7.53. The van der Waals surface area contributed by atoms with Crippen LogP contribution in [0, 0.1) is 0 Å². The summed E-state index contributed by atoms with van der Waals surface area (Å²) in [5.74, 6) is -0.345. The molecule has 3 N–H and O–H groups in total. The van der Waals surface area contributed by atoms with Crippen molar-refractivity contribution in [2.24, 2.45) is 0 Å². The van der Waals surface area contributed by atoms with Crippen LogP contribution in [0.1, 0.15) is 52.0 Å². The molecule has 2 atom stereocenters. The molecule has 1 aliphatic heterocycles. The van der Waals surface area contributed by atoms with Gasteiger partial charge >= 0.3 is 0 Å². The van der Waals surface area contributed by atoms with Crippen molar-refractivity contribution >= 4 is 34.3 Å². The van der Waals surface area contributed by atoms with E-state index in [0.29, 0.717) is 35.8 Å². The number of amides is 2. The highest BCUT2D eigenvalue weighted by atomic mass is 35.5. The Labute approximate surface area is 216 Å². The lowest BCUT2D eigenvalue weighted by Crippen LogP contribution is -2.56. The highest BCUT2D eigenvalue weighted by molar-refractivity contribution is 6.35. The van der Waals surface area contributed by atoms with Crippen LogP contribution in [0.3, 0.4) is 0 Å². The van der Waals surface area contributed by atoms with Crippen molar-refractivity contribution < 1.29 is 14.3 Å². The Hall–Kier alpha value is -2.87. The van der Waals surface area contributed by atoms with E-state index in [1.807, 2.05) is 18.2 Å². The molecule has 2 unspecified atom stereocenters. The average Bonchev–Trinajstić information content (AvgIpc) is 3.59. The maximum atomic E-state index is 13.1. The number of hydrogen-bond donors (Lipinski definition) is 3. The van der Waals surface area contributed by atoms with Crippen molar-refractivity contribution in [1.29, 1.82) is 0 Å². The molecule has 1 saturated heterocycles. The average molecular weight is 509 g/mol. The largest absolute Gasteiger partial charge is 0.379 e. The molecule has 1 aromatic heterocycles. The van der Waals surface area contributed by atoms with Crippen LogP contribution in [0.25, 0.3) is 10.9 Å². The summed E-state index contributed by atoms with van der Waals surface area (Å²) in [5, 5.41) is 7.67. The van der Waals surface area contributed by atoms with Gasteiger partial charge in [-0.05, 0) is 81.6 Å². The number of aromatic amines is 1. The Morgan fingerprint density at radius 3 is 2.47 bits per heavy atom. The van der Waals surface area contributed by atoms with Gasteiger partial charge in [0.25, 0.3) is 11.8 Å². The normalized spacial score (nSPS) is 20.9. The standard InChI is InChI=1S/C28H33ClN4O3/c1-33(2)13-12-28(10-11-28)20-6-3-18(4-7-20)26(34)32-25-17-36-14-9-23(25)31-27(35)19-5-8-21-22(29)16-30-24(21)15-19/h3-8,15-16,23,25,30H,9-14,17H2,1-2H3,(H,31,35)(H,32,34). The molecule has 2 fully saturated rings. The van der Waals surface area contributed by atoms with Gasteiger partial charge in [-0.25, -0.2) is 0 Å². The van der Waals surface area contributed by atoms with Crippen molar-refractivity contribution in [3.63, 3.8) is 0 Å². The number of nitrogens with one attached hydrogen (secondary N) is 3. The first-order chi connectivity index (χ1) is 17.3. The number of hydrogen-bond acceptors (Lipinski definition) is 4. The molecule has 1 aliphatic carbocycles. The van der Waals surface area contributed by atoms with E-state index in [2.05, 4.69) is 46.7 Å². The van der Waals surface area contributed by atoms with Crippen molar-refractivity contribution in [3.8, 4) is 0 Å². The molecule has 8 heteroatoms. The van der Waals surface area contributed by atoms with Crippen LogP contribution in [-0.4, -0.2) is 67.6 Å². The predicted molar refractivity (Wildman–Crippen MR) is 142 cm³/mol. The molecule has 7 nitrogen and oxygen atoms in total. The maximum absolute atomic E-state index is 13.1. The molecular weight excluding hydrogens is 476 g/mol. The summed E-state index contributed by atoms with van der Waals surface area (Å²) < 4.78 is 5.63. The van der Waals surface area contributed by atoms with Gasteiger partial charge in [-0.3, -0.25) is 9.59 Å². The topological polar surface area (TPSA) is 86.5 Å². The van der Waals surface area contributed by atoms with E-state index in [-0.39, 0.29) is 29.3 Å². The van der Waals surface area contributed by atoms with Crippen LogP contribution in [0.5, 0.6) is 0 Å². The molecular formula is C28H33ClN4O3. The van der Waals surface area contributed by atoms with E-state index >= 15 is 0 Å². The Balaban J connectivity index is 1.22. The van der Waals surface area contributed by atoms with Crippen molar-refractivity contribution in [2.75, 3.05) is 33.9 Å². The fourth-order valence-electron chi connectivity index (χ4n) is 5.04. The van der Waals surface area contributed by atoms with Crippen LogP contribution in [0.4, 0.5) is 0 Å². The number of ether oxygens (including phenoxy) is 1. The molecule has 2 heterocycles. The lowest BCUT2D eigenvalue weighted by Gasteiger charge is -2.32. The van der Waals surface area contributed by atoms with Crippen LogP contribution in [-0.2, 0) is 10.2 Å². The number of benzene rings is 2. The van der Waals surface area contributed by atoms with Gasteiger partial charge in [-0.2, -0.15) is 0 Å². The van der Waals surface area contributed by atoms with Gasteiger partial charge < -0.3 is 25.3 Å². The molecule has 190 valence electrons. The Morgan fingerprint density at radius 2 is 1.75 bits per heavy atom. The van der Waals surface area contributed by atoms with Crippen molar-refractivity contribution in [2.45, 2.75) is 43.2 Å². The van der Waals surface area contributed by atoms with Crippen LogP contribution >= 0.6 is 11.6 Å². The van der Waals surface area contributed by atoms with E-state index in [4.69, 9.17) is 16.3 Å². The highest BCUT2D eigenvalue weighted by Gasteiger charge is 2.43. The zero-order chi connectivity index (χ0) is 25.3. The predicted octanol–water partition coefficient (Wildman–Crippen LogP) is 4.12. The maximum Gasteiger partial charge on any atom is 0.251 e. The molecule has 2 aliphatic rings. The van der Waals surface area contributed by atoms with Gasteiger partial charge in [0.2, 0.25) is 0 Å². The fourth-order valence-corrected chi connectivity index (χ4v) is 5.25. The van der Waals surface area contributed by atoms with Gasteiger partial charge in [0.15, 0.2) is 0 Å². The molecule has 2 aromatic carbocycles. The highest BCUT2D eigenvalue weighted by Crippen LogP contribution is 2.51. The molecule has 1 saturated carbocycles. The Morgan fingerprint density at radius 1 is 1.06 bits per heavy atom. The van der Waals surface area contributed by atoms with E-state index in [9.17, 15) is 9.59 Å². The number of H-pyrrole nitrogens is 1. The van der Waals surface area contributed by atoms with Crippen LogP contribution < -0.4 is 10.6 Å². The smallest absolute Gasteiger partial charge is 0.251 e. The fraction of sp³-hybridized carbons (Fsp3) is 0.429. The molecule has 5 rings (SSSR count). The lowest BCUT2D eigenvalue weighted by atomic mass is 9.91. The molecule has 0 bridgehead atoms. The van der Waals surface area contributed by atoms with E-state index in [1.165, 1.54) is 18.4 Å². The van der Waals surface area contributed by atoms with Crippen LogP contribution in [0.2, 0.25) is 5.02 Å². The first-order valence-electron chi connectivity index (χ1n) is 12.6. The molecule has 0 spiro atoms. The number of nitrogens with zero attached hydrogens (tertiary/aromatic N) is 1. The number of rotatable bonds is 8. The van der Waals surface area contributed by atoms with Gasteiger partial charge in [0.05, 0.1) is 23.7 Å². The second kappa shape index (κ2) is 10.2. The summed E-state index contributed by atoms with van der Waals surface area (Å²) in [6.45, 7) is 1.95. The monoisotopic (exact) mass is 508 g/mol. The molecule has 36 heavy (non-hydrogen) atoms. The number of carbonyl (C=O) groups excluding carboxylic acids is 2. The minimum atomic E-state index is -0.312. The number of carbonyl (C=O) groups is 2. The summed E-state index contributed by atoms with van der Waals surface area (Å²) in [6.07, 6.45) is 5.88. The first kappa shape index (κ1) is 24.8. The van der Waals surface area contributed by atoms with Gasteiger partial charge in [0, 0.05) is 34.8 Å². The van der Waals surface area contributed by atoms with Crippen molar-refractivity contribution in [1.82, 2.24) is 20.5 Å². The van der Waals surface area contributed by atoms with Crippen molar-refractivity contribution in [3.05, 3.63) is 70.4 Å². The molecule has 3 aromatic rings. The van der Waals surface area contributed by atoms with Gasteiger partial charge in [-0.1, -0.05) is 29.8 Å². The second-order valence-corrected chi connectivity index (χ2v) is 10.7. The number of halogens is 1. The third-order valence-corrected chi connectivity index (χ3v) is 7.85. The van der Waals surface area contributed by atoms with E-state index in [0.717, 1.165) is 23.9 Å². The summed E-state index contributed by atoms with van der Waals surface area (Å²) >= 11 is 6.15. The molecule has 2 amide bonds. The Bertz CT molecular complexity index is 1250. The lowest BCUT2D eigenvalue weighted by molar-refractivity contribution is 0.0436. The zero-order valence-corrected chi connectivity index (χ0v) is 21.5. The summed E-state index contributed by atoms with van der Waals surface area (Å²) in [7, 11) is 4.20. The number of aromatic nitrogens is 1. The van der Waals surface area contributed by atoms with E-state index < -0.39 is 0 Å². The summed E-state index contributed by atoms with van der Waals surface area (Å²) in [6, 6.07) is 12.9. The van der Waals surface area contributed by atoms with Gasteiger partial charge in [-0.15, -0.1) is 0 Å². The number of fused-ring (bicyclic) bond motifs is 1. The second-order valence-electron chi connectivity index (χ2n) is 10.3. The third kappa shape index (κ3) is 5.28. The van der Waals surface area contributed by atoms with Crippen LogP contribution in [0.15, 0.2) is 48.7 Å².